The Morgan fingerprint density at radius 3 is 1.82 bits per heavy atom. The van der Waals surface area contributed by atoms with E-state index < -0.39 is 0 Å². The van der Waals surface area contributed by atoms with E-state index in [4.69, 9.17) is 0 Å². The fourth-order valence-electron chi connectivity index (χ4n) is 4.04. The van der Waals surface area contributed by atoms with E-state index in [2.05, 4.69) is 102 Å². The molecule has 0 saturated carbocycles. The Bertz CT molecular complexity index is 1450. The molecule has 0 heterocycles. The number of hydrogen-bond acceptors (Lipinski definition) is 2. The Kier molecular flexibility index (Phi) is 5.70. The van der Waals surface area contributed by atoms with Crippen LogP contribution in [0.25, 0.3) is 33.4 Å². The zero-order chi connectivity index (χ0) is 22.5. The van der Waals surface area contributed by atoms with Gasteiger partial charge in [0.25, 0.3) is 0 Å². The van der Waals surface area contributed by atoms with Crippen LogP contribution in [0.1, 0.15) is 5.56 Å². The molecular weight excluding hydrogens is 400 g/mol. The standard InChI is InChI=1S/C31H22N2/c32-22-23-9-6-16-29(19-23)33-31-18-5-4-17-30(31)28-15-8-14-27(21-28)26-13-7-12-25(20-26)24-10-2-1-3-11-24/h1-21,33H. The molecule has 33 heavy (non-hydrogen) atoms. The molecule has 1 N–H and O–H groups in total. The van der Waals surface area contributed by atoms with Crippen LogP contribution < -0.4 is 5.32 Å². The minimum Gasteiger partial charge on any atom is -0.355 e. The van der Waals surface area contributed by atoms with Gasteiger partial charge in [-0.3, -0.25) is 0 Å². The van der Waals surface area contributed by atoms with Gasteiger partial charge >= 0.3 is 0 Å². The van der Waals surface area contributed by atoms with E-state index in [1.807, 2.05) is 36.4 Å². The van der Waals surface area contributed by atoms with Crippen molar-refractivity contribution in [3.63, 3.8) is 0 Å². The fourth-order valence-corrected chi connectivity index (χ4v) is 4.04. The minimum absolute atomic E-state index is 0.637. The van der Waals surface area contributed by atoms with Crippen LogP contribution in [-0.4, -0.2) is 0 Å². The Morgan fingerprint density at radius 1 is 0.485 bits per heavy atom. The molecule has 0 aromatic heterocycles. The molecular formula is C31H22N2. The number of hydrogen-bond donors (Lipinski definition) is 1. The summed E-state index contributed by atoms with van der Waals surface area (Å²) in [6.07, 6.45) is 0. The lowest BCUT2D eigenvalue weighted by Gasteiger charge is -2.14. The number of nitrogens with zero attached hydrogens (tertiary/aromatic N) is 1. The molecule has 0 radical (unpaired) electrons. The molecule has 0 aliphatic heterocycles. The van der Waals surface area contributed by atoms with Crippen LogP contribution in [0.15, 0.2) is 127 Å². The first-order valence-electron chi connectivity index (χ1n) is 10.9. The molecule has 2 nitrogen and oxygen atoms in total. The molecule has 0 unspecified atom stereocenters. The van der Waals surface area contributed by atoms with Gasteiger partial charge in [0.15, 0.2) is 0 Å². The van der Waals surface area contributed by atoms with Crippen molar-refractivity contribution in [2.75, 3.05) is 5.32 Å². The lowest BCUT2D eigenvalue weighted by Crippen LogP contribution is -1.94. The van der Waals surface area contributed by atoms with Crippen LogP contribution in [0.5, 0.6) is 0 Å². The average Bonchev–Trinajstić information content (AvgIpc) is 2.90. The summed E-state index contributed by atoms with van der Waals surface area (Å²) in [4.78, 5) is 0. The molecule has 5 aromatic carbocycles. The summed E-state index contributed by atoms with van der Waals surface area (Å²) >= 11 is 0. The second-order valence-corrected chi connectivity index (χ2v) is 7.89. The second-order valence-electron chi connectivity index (χ2n) is 7.89. The van der Waals surface area contributed by atoms with Crippen molar-refractivity contribution < 1.29 is 0 Å². The monoisotopic (exact) mass is 422 g/mol. The second kappa shape index (κ2) is 9.26. The predicted octanol–water partition coefficient (Wildman–Crippen LogP) is 8.30. The summed E-state index contributed by atoms with van der Waals surface area (Å²) in [6, 6.07) is 45.7. The van der Waals surface area contributed by atoms with E-state index in [0.717, 1.165) is 22.5 Å². The van der Waals surface area contributed by atoms with E-state index >= 15 is 0 Å². The minimum atomic E-state index is 0.637. The van der Waals surface area contributed by atoms with Crippen molar-refractivity contribution in [1.82, 2.24) is 0 Å². The highest BCUT2D eigenvalue weighted by atomic mass is 14.9. The van der Waals surface area contributed by atoms with Gasteiger partial charge in [0.2, 0.25) is 0 Å². The third-order valence-corrected chi connectivity index (χ3v) is 5.67. The van der Waals surface area contributed by atoms with Gasteiger partial charge in [0.1, 0.15) is 0 Å². The van der Waals surface area contributed by atoms with E-state index in [0.29, 0.717) is 5.56 Å². The van der Waals surface area contributed by atoms with E-state index in [1.54, 1.807) is 0 Å². The molecule has 0 bridgehead atoms. The van der Waals surface area contributed by atoms with Crippen molar-refractivity contribution >= 4 is 11.4 Å². The van der Waals surface area contributed by atoms with Gasteiger partial charge < -0.3 is 5.32 Å². The van der Waals surface area contributed by atoms with Gasteiger partial charge in [-0.15, -0.1) is 0 Å². The zero-order valence-electron chi connectivity index (χ0n) is 18.1. The first kappa shape index (κ1) is 20.3. The van der Waals surface area contributed by atoms with Gasteiger partial charge in [0.05, 0.1) is 11.6 Å². The predicted molar refractivity (Wildman–Crippen MR) is 137 cm³/mol. The number of anilines is 2. The van der Waals surface area contributed by atoms with E-state index in [1.165, 1.54) is 22.3 Å². The first-order chi connectivity index (χ1) is 16.3. The van der Waals surface area contributed by atoms with Crippen molar-refractivity contribution in [3.8, 4) is 39.4 Å². The largest absolute Gasteiger partial charge is 0.355 e. The Labute approximate surface area is 194 Å². The zero-order valence-corrected chi connectivity index (χ0v) is 18.1. The normalized spacial score (nSPS) is 10.4. The van der Waals surface area contributed by atoms with Crippen LogP contribution >= 0.6 is 0 Å². The molecule has 0 atom stereocenters. The number of rotatable bonds is 5. The molecule has 0 saturated heterocycles. The Morgan fingerprint density at radius 2 is 1.06 bits per heavy atom. The van der Waals surface area contributed by atoms with Crippen LogP contribution in [-0.2, 0) is 0 Å². The maximum atomic E-state index is 9.21. The smallest absolute Gasteiger partial charge is 0.0992 e. The summed E-state index contributed by atoms with van der Waals surface area (Å²) in [5.41, 5.74) is 9.56. The molecule has 5 aromatic rings. The van der Waals surface area contributed by atoms with Crippen LogP contribution in [0, 0.1) is 11.3 Å². The lowest BCUT2D eigenvalue weighted by molar-refractivity contribution is 1.47. The fraction of sp³-hybridized carbons (Fsp3) is 0. The first-order valence-corrected chi connectivity index (χ1v) is 10.9. The van der Waals surface area contributed by atoms with Crippen molar-refractivity contribution in [3.05, 3.63) is 133 Å². The average molecular weight is 423 g/mol. The molecule has 2 heteroatoms. The molecule has 0 amide bonds. The molecule has 0 fully saturated rings. The summed E-state index contributed by atoms with van der Waals surface area (Å²) in [7, 11) is 0. The van der Waals surface area contributed by atoms with Crippen LogP contribution in [0.3, 0.4) is 0 Å². The molecule has 0 spiro atoms. The maximum Gasteiger partial charge on any atom is 0.0992 e. The Hall–Kier alpha value is -4.61. The Balaban J connectivity index is 1.50. The van der Waals surface area contributed by atoms with Gasteiger partial charge in [-0.05, 0) is 64.2 Å². The summed E-state index contributed by atoms with van der Waals surface area (Å²) in [6.45, 7) is 0. The molecule has 0 aliphatic rings. The third-order valence-electron chi connectivity index (χ3n) is 5.67. The highest BCUT2D eigenvalue weighted by Crippen LogP contribution is 2.34. The van der Waals surface area contributed by atoms with Gasteiger partial charge in [0, 0.05) is 16.9 Å². The number of benzene rings is 5. The van der Waals surface area contributed by atoms with Crippen LogP contribution in [0.4, 0.5) is 11.4 Å². The van der Waals surface area contributed by atoms with Gasteiger partial charge in [-0.1, -0.05) is 91.0 Å². The quantitative estimate of drug-likeness (QED) is 0.309. The van der Waals surface area contributed by atoms with E-state index in [-0.39, 0.29) is 0 Å². The van der Waals surface area contributed by atoms with Gasteiger partial charge in [-0.25, -0.2) is 0 Å². The van der Waals surface area contributed by atoms with E-state index in [9.17, 15) is 5.26 Å². The summed E-state index contributed by atoms with van der Waals surface area (Å²) < 4.78 is 0. The summed E-state index contributed by atoms with van der Waals surface area (Å²) in [5, 5.41) is 12.7. The molecule has 0 aliphatic carbocycles. The topological polar surface area (TPSA) is 35.8 Å². The SMILES string of the molecule is N#Cc1cccc(Nc2ccccc2-c2cccc(-c3cccc(-c4ccccc4)c3)c2)c1. The number of para-hydroxylation sites is 1. The molecule has 5 rings (SSSR count). The van der Waals surface area contributed by atoms with Gasteiger partial charge in [-0.2, -0.15) is 5.26 Å². The summed E-state index contributed by atoms with van der Waals surface area (Å²) in [5.74, 6) is 0. The molecule has 156 valence electrons. The third kappa shape index (κ3) is 4.54. The van der Waals surface area contributed by atoms with Crippen LogP contribution in [0.2, 0.25) is 0 Å². The lowest BCUT2D eigenvalue weighted by atomic mass is 9.95. The van der Waals surface area contributed by atoms with Crippen molar-refractivity contribution in [2.45, 2.75) is 0 Å². The van der Waals surface area contributed by atoms with Crippen molar-refractivity contribution in [2.24, 2.45) is 0 Å². The van der Waals surface area contributed by atoms with Crippen molar-refractivity contribution in [1.29, 1.82) is 5.26 Å². The highest BCUT2D eigenvalue weighted by Gasteiger charge is 2.08. The maximum absolute atomic E-state index is 9.21. The number of nitriles is 1. The number of nitrogens with one attached hydrogen (secondary N) is 1. The highest BCUT2D eigenvalue weighted by molar-refractivity contribution is 5.84.